The Morgan fingerprint density at radius 1 is 1.00 bits per heavy atom. The minimum Gasteiger partial charge on any atom is -0.337 e. The molecular weight excluding hydrogens is 459 g/mol. The van der Waals surface area contributed by atoms with Crippen LogP contribution in [-0.4, -0.2) is 41.0 Å². The van der Waals surface area contributed by atoms with Crippen molar-refractivity contribution in [3.8, 4) is 33.9 Å². The molecular formula is C26H19FN8O. The Balaban J connectivity index is 1.47. The van der Waals surface area contributed by atoms with Crippen molar-refractivity contribution in [3.05, 3.63) is 73.2 Å². The minimum atomic E-state index is -0.565. The van der Waals surface area contributed by atoms with Gasteiger partial charge in [0.15, 0.2) is 11.6 Å². The van der Waals surface area contributed by atoms with Gasteiger partial charge in [0, 0.05) is 41.7 Å². The summed E-state index contributed by atoms with van der Waals surface area (Å²) in [5.41, 5.74) is 5.11. The quantitative estimate of drug-likeness (QED) is 0.316. The molecule has 0 aliphatic carbocycles. The Kier molecular flexibility index (Phi) is 5.18. The van der Waals surface area contributed by atoms with E-state index in [9.17, 15) is 4.79 Å². The summed E-state index contributed by atoms with van der Waals surface area (Å²) in [4.78, 5) is 32.4. The predicted molar refractivity (Wildman–Crippen MR) is 134 cm³/mol. The second kappa shape index (κ2) is 8.66. The number of imidazole rings is 1. The van der Waals surface area contributed by atoms with Crippen LogP contribution in [0.15, 0.2) is 67.4 Å². The summed E-state index contributed by atoms with van der Waals surface area (Å²) in [6.45, 7) is 1.75. The van der Waals surface area contributed by atoms with Crippen molar-refractivity contribution in [2.45, 2.75) is 13.3 Å². The third kappa shape index (κ3) is 3.65. The molecule has 5 aromatic heterocycles. The van der Waals surface area contributed by atoms with E-state index in [2.05, 4.69) is 35.5 Å². The van der Waals surface area contributed by atoms with Crippen LogP contribution < -0.4 is 5.32 Å². The van der Waals surface area contributed by atoms with E-state index in [0.29, 0.717) is 34.7 Å². The first kappa shape index (κ1) is 21.5. The molecule has 1 aromatic carbocycles. The van der Waals surface area contributed by atoms with Crippen molar-refractivity contribution < 1.29 is 9.18 Å². The van der Waals surface area contributed by atoms with Gasteiger partial charge in [0.05, 0.1) is 40.0 Å². The van der Waals surface area contributed by atoms with Gasteiger partial charge in [-0.05, 0) is 18.2 Å². The smallest absolute Gasteiger partial charge is 0.224 e. The van der Waals surface area contributed by atoms with Crippen molar-refractivity contribution in [2.24, 2.45) is 0 Å². The zero-order valence-corrected chi connectivity index (χ0v) is 19.1. The summed E-state index contributed by atoms with van der Waals surface area (Å²) in [5, 5.41) is 10.2. The van der Waals surface area contributed by atoms with Gasteiger partial charge < -0.3 is 10.3 Å². The number of H-pyrrole nitrogens is 2. The molecule has 0 aliphatic heterocycles. The van der Waals surface area contributed by atoms with Crippen molar-refractivity contribution >= 4 is 33.5 Å². The molecule has 0 spiro atoms. The molecule has 0 atom stereocenters. The number of fused-ring (bicyclic) bond motifs is 2. The summed E-state index contributed by atoms with van der Waals surface area (Å²) in [6.07, 6.45) is 8.33. The van der Waals surface area contributed by atoms with Crippen molar-refractivity contribution in [1.82, 2.24) is 35.1 Å². The lowest BCUT2D eigenvalue weighted by Gasteiger charge is -2.07. The lowest BCUT2D eigenvalue weighted by molar-refractivity contribution is -0.115. The Bertz CT molecular complexity index is 1740. The van der Waals surface area contributed by atoms with Crippen molar-refractivity contribution in [2.75, 3.05) is 5.32 Å². The number of rotatable bonds is 5. The lowest BCUT2D eigenvalue weighted by atomic mass is 10.1. The van der Waals surface area contributed by atoms with E-state index in [1.807, 2.05) is 30.3 Å². The van der Waals surface area contributed by atoms with Crippen LogP contribution in [0, 0.1) is 5.82 Å². The molecule has 0 radical (unpaired) electrons. The fraction of sp³-hybridized carbons (Fsp3) is 0.0769. The number of anilines is 1. The largest absolute Gasteiger partial charge is 0.337 e. The number of aromatic nitrogens is 7. The second-order valence-electron chi connectivity index (χ2n) is 8.17. The van der Waals surface area contributed by atoms with Gasteiger partial charge in [-0.15, -0.1) is 0 Å². The third-order valence-corrected chi connectivity index (χ3v) is 5.87. The maximum atomic E-state index is 15.9. The van der Waals surface area contributed by atoms with E-state index in [1.165, 1.54) is 18.6 Å². The van der Waals surface area contributed by atoms with Gasteiger partial charge in [-0.1, -0.05) is 25.1 Å². The number of halogens is 1. The zero-order valence-electron chi connectivity index (χ0n) is 19.1. The van der Waals surface area contributed by atoms with Crippen LogP contribution in [0.3, 0.4) is 0 Å². The lowest BCUT2D eigenvalue weighted by Crippen LogP contribution is -2.09. The molecule has 176 valence electrons. The van der Waals surface area contributed by atoms with Crippen LogP contribution in [0.25, 0.3) is 55.8 Å². The molecule has 36 heavy (non-hydrogen) atoms. The normalized spacial score (nSPS) is 11.3. The summed E-state index contributed by atoms with van der Waals surface area (Å²) >= 11 is 0. The first-order valence-corrected chi connectivity index (χ1v) is 11.3. The maximum Gasteiger partial charge on any atom is 0.224 e. The highest BCUT2D eigenvalue weighted by Crippen LogP contribution is 2.34. The van der Waals surface area contributed by atoms with Gasteiger partial charge in [-0.2, -0.15) is 5.10 Å². The molecule has 0 fully saturated rings. The first-order chi connectivity index (χ1) is 17.6. The van der Waals surface area contributed by atoms with Crippen LogP contribution >= 0.6 is 0 Å². The molecule has 10 heteroatoms. The number of para-hydroxylation sites is 1. The van der Waals surface area contributed by atoms with E-state index < -0.39 is 5.82 Å². The average molecular weight is 478 g/mol. The first-order valence-electron chi connectivity index (χ1n) is 11.3. The molecule has 5 heterocycles. The molecule has 9 nitrogen and oxygen atoms in total. The third-order valence-electron chi connectivity index (χ3n) is 5.87. The van der Waals surface area contributed by atoms with Gasteiger partial charge in [-0.25, -0.2) is 9.37 Å². The fourth-order valence-electron chi connectivity index (χ4n) is 4.13. The zero-order chi connectivity index (χ0) is 24.6. The minimum absolute atomic E-state index is 0.0948. The van der Waals surface area contributed by atoms with E-state index in [0.717, 1.165) is 22.2 Å². The fourth-order valence-corrected chi connectivity index (χ4v) is 4.13. The van der Waals surface area contributed by atoms with Gasteiger partial charge in [0.2, 0.25) is 5.91 Å². The number of nitrogens with zero attached hydrogens (tertiary/aromatic N) is 5. The monoisotopic (exact) mass is 478 g/mol. The van der Waals surface area contributed by atoms with Gasteiger partial charge in [0.25, 0.3) is 0 Å². The maximum absolute atomic E-state index is 15.9. The molecule has 6 aromatic rings. The number of carbonyl (C=O) groups excluding carboxylic acids is 1. The number of aromatic amines is 2. The number of carbonyl (C=O) groups is 1. The van der Waals surface area contributed by atoms with Crippen molar-refractivity contribution in [3.63, 3.8) is 0 Å². The molecule has 0 unspecified atom stereocenters. The Morgan fingerprint density at radius 2 is 1.89 bits per heavy atom. The van der Waals surface area contributed by atoms with E-state index in [-0.39, 0.29) is 17.0 Å². The Labute approximate surface area is 203 Å². The van der Waals surface area contributed by atoms with E-state index in [4.69, 9.17) is 4.98 Å². The Hall–Kier alpha value is -4.99. The number of amides is 1. The van der Waals surface area contributed by atoms with E-state index in [1.54, 1.807) is 25.4 Å². The summed E-state index contributed by atoms with van der Waals surface area (Å²) < 4.78 is 15.9. The topological polar surface area (TPSA) is 125 Å². The van der Waals surface area contributed by atoms with Crippen LogP contribution in [0.2, 0.25) is 0 Å². The van der Waals surface area contributed by atoms with Gasteiger partial charge >= 0.3 is 0 Å². The molecule has 0 bridgehead atoms. The van der Waals surface area contributed by atoms with Crippen molar-refractivity contribution in [1.29, 1.82) is 0 Å². The molecule has 6 rings (SSSR count). The molecule has 1 amide bonds. The highest BCUT2D eigenvalue weighted by molar-refractivity contribution is 5.98. The predicted octanol–water partition coefficient (Wildman–Crippen LogP) is 5.11. The number of nitrogens with one attached hydrogen (secondary N) is 3. The van der Waals surface area contributed by atoms with Crippen LogP contribution in [0.4, 0.5) is 10.1 Å². The average Bonchev–Trinajstić information content (AvgIpc) is 3.54. The standard InChI is InChI=1S/C26H19FN8O/c1-2-20(36)31-16-9-15(11-29-12-16)23-22(27)21-19(13-30-23)34-35-25(21)26-32-18-7-3-6-17(24(18)33-26)14-5-4-8-28-10-14/h3-13H,2H2,1H3,(H,31,36)(H,32,33)(H,34,35). The summed E-state index contributed by atoms with van der Waals surface area (Å²) in [5.74, 6) is -0.304. The molecule has 0 saturated carbocycles. The second-order valence-corrected chi connectivity index (χ2v) is 8.17. The molecule has 3 N–H and O–H groups in total. The molecule has 0 aliphatic rings. The summed E-state index contributed by atoms with van der Waals surface area (Å²) in [7, 11) is 0. The van der Waals surface area contributed by atoms with Gasteiger partial charge in [-0.3, -0.25) is 24.8 Å². The highest BCUT2D eigenvalue weighted by Gasteiger charge is 2.21. The summed E-state index contributed by atoms with van der Waals surface area (Å²) in [6, 6.07) is 11.3. The van der Waals surface area contributed by atoms with E-state index >= 15 is 4.39 Å². The number of pyridine rings is 3. The van der Waals surface area contributed by atoms with Crippen LogP contribution in [0.1, 0.15) is 13.3 Å². The van der Waals surface area contributed by atoms with Crippen LogP contribution in [-0.2, 0) is 4.79 Å². The van der Waals surface area contributed by atoms with Gasteiger partial charge in [0.1, 0.15) is 11.4 Å². The number of hydrogen-bond donors (Lipinski definition) is 3. The molecule has 0 saturated heterocycles. The van der Waals surface area contributed by atoms with Crippen LogP contribution in [0.5, 0.6) is 0 Å². The number of benzene rings is 1. The highest BCUT2D eigenvalue weighted by atomic mass is 19.1. The number of hydrogen-bond acceptors (Lipinski definition) is 6. The SMILES string of the molecule is CCC(=O)Nc1cncc(-c2ncc3[nH]nc(-c4nc5c(-c6cccnc6)cccc5[nH]4)c3c2F)c1. The Morgan fingerprint density at radius 3 is 2.72 bits per heavy atom.